The molecule has 11 aromatic rings. The van der Waals surface area contributed by atoms with Crippen molar-refractivity contribution in [3.8, 4) is 98.5 Å². The third kappa shape index (κ3) is 20.1. The standard InChI is InChI=1S/C103H120N7O10P/c1-5-9-13-17-21-25-29-33-37-49-72-76-60-78-73(50-38-34-30-26-22-18-14-10-6-2)80-62-82-75(52-40-36-32-28-24-20-16-12-8-4)83-63-81-74(51-39-35-31-27-23-19-15-11-7-3)79-61-77(72)93-65-91(79)114-99-101(108-87-56-46-44-54-85(87)106-99)118-95(81)67-97(83)120-121(111,112)119-96(82)66-94(80)117-100-98(105-84-53-43-45-55-86(84)107-100)113-90(78)64-92(76)115-102-103(116-93)110-89-59-69(57-58-88(89)109-102)71-48-42-41-47-70(71)68-104/h41-48,53-67,72-75H,5-40,49-52H2,1-4H3,(H,111,112). The Bertz CT molecular complexity index is 5530. The fourth-order valence-corrected chi connectivity index (χ4v) is 19.9. The van der Waals surface area contributed by atoms with Crippen LogP contribution in [0.15, 0.2) is 140 Å². The largest absolute Gasteiger partial charge is 0.584 e. The van der Waals surface area contributed by atoms with E-state index in [1.807, 2.05) is 115 Å². The highest BCUT2D eigenvalue weighted by Gasteiger charge is 2.42. The first-order chi connectivity index (χ1) is 59.5. The summed E-state index contributed by atoms with van der Waals surface area (Å²) in [4.78, 5) is 44.8. The van der Waals surface area contributed by atoms with E-state index in [0.717, 1.165) is 158 Å². The Morgan fingerprint density at radius 2 is 0.529 bits per heavy atom. The Labute approximate surface area is 715 Å². The van der Waals surface area contributed by atoms with E-state index in [1.54, 1.807) is 0 Å². The molecule has 0 spiro atoms. The molecule has 5 unspecified atom stereocenters. The molecule has 1 N–H and O–H groups in total. The summed E-state index contributed by atoms with van der Waals surface area (Å²) in [5.41, 5.74) is 12.2. The molecule has 121 heavy (non-hydrogen) atoms. The van der Waals surface area contributed by atoms with E-state index in [1.165, 1.54) is 128 Å². The first-order valence-corrected chi connectivity index (χ1v) is 47.9. The maximum Gasteiger partial charge on any atom is 0.584 e. The van der Waals surface area contributed by atoms with Crippen LogP contribution in [-0.2, 0) is 4.57 Å². The topological polar surface area (TPSA) is 212 Å². The summed E-state index contributed by atoms with van der Waals surface area (Å²) in [5, 5.41) is 10.5. The Balaban J connectivity index is 0.988. The Morgan fingerprint density at radius 3 is 0.818 bits per heavy atom. The third-order valence-electron chi connectivity index (χ3n) is 25.6. The molecule has 0 radical (unpaired) electrons. The van der Waals surface area contributed by atoms with Crippen LogP contribution in [-0.4, -0.2) is 34.8 Å². The van der Waals surface area contributed by atoms with E-state index in [2.05, 4.69) is 58.0 Å². The van der Waals surface area contributed by atoms with Crippen molar-refractivity contribution in [1.82, 2.24) is 29.9 Å². The van der Waals surface area contributed by atoms with Gasteiger partial charge in [0.2, 0.25) is 0 Å². The monoisotopic (exact) mass is 1650 g/mol. The molecule has 7 heterocycles. The number of aromatic nitrogens is 6. The van der Waals surface area contributed by atoms with Gasteiger partial charge in [-0.15, -0.1) is 0 Å². The number of fused-ring (bicyclic) bond motifs is 6. The minimum atomic E-state index is -5.11. The van der Waals surface area contributed by atoms with E-state index in [0.29, 0.717) is 98.8 Å². The van der Waals surface area contributed by atoms with Gasteiger partial charge in [-0.25, -0.2) is 34.5 Å². The quantitative estimate of drug-likeness (QED) is 0.0279. The SMILES string of the molecule is CCCCCCCCCCCC1c2cc3c4cc2Oc2nc5ccc(-c6ccccc6C#N)cc5nc2Oc2cc5c(cc21)C(CCCCCCCCCCC)c1cc2c(cc1Oc1nc6ccccc6nc1O5)OP(=O)(O)Oc1cc(c(cc1C2CCCCCCCCCCC)C3CCCCCCCCCCC)Oc1nc2ccccc2nc1O4. The van der Waals surface area contributed by atoms with E-state index < -0.39 is 31.5 Å². The maximum absolute atomic E-state index is 15.6. The molecule has 17 nitrogen and oxygen atoms in total. The molecule has 4 aliphatic heterocycles. The molecular weight excluding hydrogens is 1530 g/mol. The lowest BCUT2D eigenvalue weighted by Gasteiger charge is -2.32. The Morgan fingerprint density at radius 1 is 0.289 bits per heavy atom. The van der Waals surface area contributed by atoms with Crippen molar-refractivity contribution in [2.45, 2.75) is 308 Å². The summed E-state index contributed by atoms with van der Waals surface area (Å²) in [7, 11) is -5.11. The van der Waals surface area contributed by atoms with Crippen molar-refractivity contribution in [2.75, 3.05) is 0 Å². The molecule has 632 valence electrons. The Kier molecular flexibility index (Phi) is 28.4. The molecular formula is C103H120N7O10P. The number of phosphoric acid groups is 1. The van der Waals surface area contributed by atoms with Crippen LogP contribution in [0.25, 0.3) is 44.2 Å². The van der Waals surface area contributed by atoms with Gasteiger partial charge >= 0.3 is 7.82 Å². The van der Waals surface area contributed by atoms with Crippen LogP contribution in [0, 0.1) is 11.3 Å². The van der Waals surface area contributed by atoms with Crippen molar-refractivity contribution < 1.29 is 46.9 Å². The van der Waals surface area contributed by atoms with Gasteiger partial charge in [-0.1, -0.05) is 307 Å². The number of hydrogen-bond acceptors (Lipinski definition) is 16. The van der Waals surface area contributed by atoms with Crippen LogP contribution >= 0.6 is 7.82 Å². The van der Waals surface area contributed by atoms with Gasteiger partial charge in [0.05, 0.1) is 44.7 Å². The van der Waals surface area contributed by atoms with Crippen molar-refractivity contribution in [3.05, 3.63) is 190 Å². The molecule has 5 aliphatic rings. The van der Waals surface area contributed by atoms with Gasteiger partial charge in [0.15, 0.2) is 0 Å². The van der Waals surface area contributed by atoms with Gasteiger partial charge < -0.3 is 37.5 Å². The lowest BCUT2D eigenvalue weighted by atomic mass is 9.76. The number of nitriles is 1. The second-order valence-corrected chi connectivity index (χ2v) is 35.8. The van der Waals surface area contributed by atoms with Gasteiger partial charge in [-0.05, 0) is 104 Å². The van der Waals surface area contributed by atoms with Gasteiger partial charge in [-0.2, -0.15) is 5.26 Å². The first kappa shape index (κ1) is 84.5. The summed E-state index contributed by atoms with van der Waals surface area (Å²) >= 11 is 0. The van der Waals surface area contributed by atoms with Gasteiger partial charge in [0.1, 0.15) is 46.0 Å². The molecule has 18 heteroatoms. The normalized spacial score (nSPS) is 16.9. The fraction of sp³-hybridized carbons (Fsp3) is 0.466. The first-order valence-electron chi connectivity index (χ1n) is 46.4. The fourth-order valence-electron chi connectivity index (χ4n) is 19.0. The van der Waals surface area contributed by atoms with E-state index >= 15 is 4.57 Å². The van der Waals surface area contributed by atoms with Crippen molar-refractivity contribution in [3.63, 3.8) is 0 Å². The zero-order valence-electron chi connectivity index (χ0n) is 71.6. The number of para-hydroxylation sites is 4. The average Bonchev–Trinajstić information content (AvgIpc) is 1.72. The summed E-state index contributed by atoms with van der Waals surface area (Å²) in [5.74, 6) is 1.92. The lowest BCUT2D eigenvalue weighted by molar-refractivity contribution is 0.283. The molecule has 0 saturated carbocycles. The zero-order valence-corrected chi connectivity index (χ0v) is 72.5. The van der Waals surface area contributed by atoms with E-state index in [-0.39, 0.29) is 46.8 Å². The van der Waals surface area contributed by atoms with Gasteiger partial charge in [-0.3, -0.25) is 4.89 Å². The van der Waals surface area contributed by atoms with Crippen LogP contribution in [0.2, 0.25) is 0 Å². The van der Waals surface area contributed by atoms with Crippen LogP contribution < -0.4 is 37.5 Å². The third-order valence-corrected chi connectivity index (χ3v) is 26.5. The molecule has 0 fully saturated rings. The minimum Gasteiger partial charge on any atom is -0.434 e. The Hall–Kier alpha value is -10.1. The van der Waals surface area contributed by atoms with Crippen molar-refractivity contribution in [1.29, 1.82) is 5.26 Å². The highest BCUT2D eigenvalue weighted by Crippen LogP contribution is 2.61. The van der Waals surface area contributed by atoms with Crippen LogP contribution in [0.3, 0.4) is 0 Å². The summed E-state index contributed by atoms with van der Waals surface area (Å²) < 4.78 is 74.3. The number of phosphoric ester groups is 1. The second-order valence-electron chi connectivity index (χ2n) is 34.5. The van der Waals surface area contributed by atoms with Gasteiger partial charge in [0.25, 0.3) is 35.3 Å². The highest BCUT2D eigenvalue weighted by molar-refractivity contribution is 7.48. The smallest absolute Gasteiger partial charge is 0.434 e. The zero-order chi connectivity index (χ0) is 82.9. The number of ether oxygens (including phenoxy) is 6. The summed E-state index contributed by atoms with van der Waals surface area (Å²) in [6.07, 6.45) is 43.4. The molecule has 3 aromatic heterocycles. The van der Waals surface area contributed by atoms with E-state index in [9.17, 15) is 10.2 Å². The van der Waals surface area contributed by atoms with Crippen LogP contribution in [0.5, 0.6) is 81.3 Å². The molecule has 5 atom stereocenters. The molecule has 8 bridgehead atoms. The molecule has 0 saturated heterocycles. The second kappa shape index (κ2) is 40.7. The predicted octanol–water partition coefficient (Wildman–Crippen LogP) is 31.1. The number of hydrogen-bond donors (Lipinski definition) is 1. The van der Waals surface area contributed by atoms with Crippen LogP contribution in [0.4, 0.5) is 0 Å². The minimum absolute atomic E-state index is 0.0965. The molecule has 0 amide bonds. The molecule has 1 aliphatic carbocycles. The predicted molar refractivity (Wildman–Crippen MR) is 481 cm³/mol. The van der Waals surface area contributed by atoms with Gasteiger partial charge in [0, 0.05) is 92.4 Å². The van der Waals surface area contributed by atoms with E-state index in [4.69, 9.17) is 67.4 Å². The van der Waals surface area contributed by atoms with Crippen molar-refractivity contribution in [2.24, 2.45) is 0 Å². The van der Waals surface area contributed by atoms with Crippen LogP contribution in [0.1, 0.15) is 358 Å². The average molecular weight is 1650 g/mol. The molecule has 8 aromatic carbocycles. The molecule has 16 rings (SSSR count). The van der Waals surface area contributed by atoms with Crippen molar-refractivity contribution >= 4 is 40.9 Å². The summed E-state index contributed by atoms with van der Waals surface area (Å²) in [6, 6.07) is 48.2. The number of rotatable bonds is 41. The number of unbranched alkanes of at least 4 members (excludes halogenated alkanes) is 32. The lowest BCUT2D eigenvalue weighted by Crippen LogP contribution is -2.16. The number of benzene rings is 8. The number of nitrogens with zero attached hydrogens (tertiary/aromatic N) is 7. The highest BCUT2D eigenvalue weighted by atomic mass is 31.2. The maximum atomic E-state index is 15.6. The summed E-state index contributed by atoms with van der Waals surface area (Å²) in [6.45, 7) is 9.09.